The molecule has 6 heteroatoms. The van der Waals surface area contributed by atoms with E-state index in [0.717, 1.165) is 11.1 Å². The monoisotopic (exact) mass is 324 g/mol. The zero-order valence-corrected chi connectivity index (χ0v) is 13.6. The molecule has 0 saturated carbocycles. The molecule has 4 nitrogen and oxygen atoms in total. The first-order valence-corrected chi connectivity index (χ1v) is 8.22. The lowest BCUT2D eigenvalue weighted by molar-refractivity contribution is 0.601. The van der Waals surface area contributed by atoms with Gasteiger partial charge in [-0.05, 0) is 50.1 Å². The molecule has 0 saturated heterocycles. The van der Waals surface area contributed by atoms with Gasteiger partial charge in [-0.1, -0.05) is 29.3 Å². The maximum atomic E-state index is 12.4. The normalized spacial score (nSPS) is 11.4. The van der Waals surface area contributed by atoms with E-state index in [-0.39, 0.29) is 4.90 Å². The molecule has 2 aromatic carbocycles. The maximum Gasteiger partial charge on any atom is 0.262 e. The highest BCUT2D eigenvalue weighted by Gasteiger charge is 2.17. The third-order valence-corrected chi connectivity index (χ3v) is 5.03. The maximum absolute atomic E-state index is 12.4. The topological polar surface area (TPSA) is 72.2 Å². The first kappa shape index (κ1) is 15.7. The van der Waals surface area contributed by atoms with E-state index in [1.54, 1.807) is 13.0 Å². The lowest BCUT2D eigenvalue weighted by atomic mass is 10.1. The van der Waals surface area contributed by atoms with Gasteiger partial charge in [0.1, 0.15) is 0 Å². The summed E-state index contributed by atoms with van der Waals surface area (Å²) in [6.07, 6.45) is 0. The van der Waals surface area contributed by atoms with Gasteiger partial charge < -0.3 is 5.73 Å². The first-order valence-electron chi connectivity index (χ1n) is 6.36. The predicted octanol–water partition coefficient (Wildman–Crippen LogP) is 3.65. The van der Waals surface area contributed by atoms with Crippen molar-refractivity contribution in [1.29, 1.82) is 0 Å². The van der Waals surface area contributed by atoms with Crippen LogP contribution in [0.2, 0.25) is 5.02 Å². The van der Waals surface area contributed by atoms with E-state index in [0.29, 0.717) is 22.0 Å². The van der Waals surface area contributed by atoms with Crippen molar-refractivity contribution in [3.05, 3.63) is 52.0 Å². The van der Waals surface area contributed by atoms with Gasteiger partial charge in [0.2, 0.25) is 0 Å². The Hall–Kier alpha value is -1.72. The van der Waals surface area contributed by atoms with Gasteiger partial charge in [-0.2, -0.15) is 0 Å². The lowest BCUT2D eigenvalue weighted by Gasteiger charge is -2.13. The number of anilines is 2. The number of nitrogens with one attached hydrogen (secondary N) is 1. The van der Waals surface area contributed by atoms with E-state index in [2.05, 4.69) is 4.72 Å². The average molecular weight is 325 g/mol. The number of halogens is 1. The van der Waals surface area contributed by atoms with Crippen molar-refractivity contribution in [3.63, 3.8) is 0 Å². The second-order valence-corrected chi connectivity index (χ2v) is 7.13. The number of aryl methyl sites for hydroxylation is 2. The molecule has 0 bridgehead atoms. The predicted molar refractivity (Wildman–Crippen MR) is 87.3 cm³/mol. The van der Waals surface area contributed by atoms with Crippen LogP contribution in [0.25, 0.3) is 0 Å². The summed E-state index contributed by atoms with van der Waals surface area (Å²) in [5.41, 5.74) is 9.26. The number of benzene rings is 2. The quantitative estimate of drug-likeness (QED) is 0.846. The Bertz CT molecular complexity index is 778. The fourth-order valence-electron chi connectivity index (χ4n) is 1.96. The van der Waals surface area contributed by atoms with Gasteiger partial charge >= 0.3 is 0 Å². The number of rotatable bonds is 3. The highest BCUT2D eigenvalue weighted by atomic mass is 35.5. The Labute approximate surface area is 130 Å². The Morgan fingerprint density at radius 2 is 1.76 bits per heavy atom. The Morgan fingerprint density at radius 3 is 2.33 bits per heavy atom. The summed E-state index contributed by atoms with van der Waals surface area (Å²) in [5.74, 6) is 0. The summed E-state index contributed by atoms with van der Waals surface area (Å²) >= 11 is 6.01. The molecule has 3 N–H and O–H groups in total. The van der Waals surface area contributed by atoms with Crippen LogP contribution in [-0.2, 0) is 10.0 Å². The van der Waals surface area contributed by atoms with Crippen molar-refractivity contribution in [2.24, 2.45) is 0 Å². The van der Waals surface area contributed by atoms with Crippen LogP contribution in [0.3, 0.4) is 0 Å². The van der Waals surface area contributed by atoms with Crippen LogP contribution in [0.15, 0.2) is 35.2 Å². The van der Waals surface area contributed by atoms with E-state index in [4.69, 9.17) is 17.3 Å². The third-order valence-electron chi connectivity index (χ3n) is 3.29. The molecule has 0 aliphatic heterocycles. The van der Waals surface area contributed by atoms with Crippen molar-refractivity contribution >= 4 is 33.0 Å². The highest BCUT2D eigenvalue weighted by molar-refractivity contribution is 7.92. The minimum Gasteiger partial charge on any atom is -0.398 e. The number of sulfonamides is 1. The van der Waals surface area contributed by atoms with Crippen LogP contribution in [-0.4, -0.2) is 8.42 Å². The summed E-state index contributed by atoms with van der Waals surface area (Å²) in [4.78, 5) is 0.0515. The molecule has 0 aliphatic carbocycles. The Balaban J connectivity index is 2.43. The summed E-state index contributed by atoms with van der Waals surface area (Å²) in [5, 5.41) is 0.330. The van der Waals surface area contributed by atoms with Gasteiger partial charge in [0.15, 0.2) is 0 Å². The van der Waals surface area contributed by atoms with Crippen molar-refractivity contribution in [3.8, 4) is 0 Å². The van der Waals surface area contributed by atoms with Crippen molar-refractivity contribution in [1.82, 2.24) is 0 Å². The number of hydrogen-bond acceptors (Lipinski definition) is 3. The molecule has 2 rings (SSSR count). The summed E-state index contributed by atoms with van der Waals surface area (Å²) < 4.78 is 27.4. The van der Waals surface area contributed by atoms with Gasteiger partial charge in [0.05, 0.1) is 10.6 Å². The molecule has 0 fully saturated rings. The molecular formula is C15H17ClN2O2S. The average Bonchev–Trinajstić information content (AvgIpc) is 2.38. The summed E-state index contributed by atoms with van der Waals surface area (Å²) in [6, 6.07) is 8.31. The molecule has 0 aliphatic rings. The fraction of sp³-hybridized carbons (Fsp3) is 0.200. The Kier molecular flexibility index (Phi) is 4.16. The zero-order valence-electron chi connectivity index (χ0n) is 12.1. The summed E-state index contributed by atoms with van der Waals surface area (Å²) in [6.45, 7) is 5.54. The van der Waals surface area contributed by atoms with Crippen LogP contribution in [0, 0.1) is 20.8 Å². The summed E-state index contributed by atoms with van der Waals surface area (Å²) in [7, 11) is -3.72. The van der Waals surface area contributed by atoms with Crippen LogP contribution < -0.4 is 10.5 Å². The molecule has 0 heterocycles. The second kappa shape index (κ2) is 5.58. The molecule has 112 valence electrons. The smallest absolute Gasteiger partial charge is 0.262 e. The molecule has 21 heavy (non-hydrogen) atoms. The second-order valence-electron chi connectivity index (χ2n) is 5.04. The van der Waals surface area contributed by atoms with Crippen molar-refractivity contribution < 1.29 is 8.42 Å². The SMILES string of the molecule is Cc1ccc(NS(=O)(=O)c2cc(N)c(C)c(Cl)c2)c(C)c1. The number of nitrogens with two attached hydrogens (primary N) is 1. The van der Waals surface area contributed by atoms with Gasteiger partial charge in [0.25, 0.3) is 10.0 Å². The first-order chi connectivity index (χ1) is 9.70. The third kappa shape index (κ3) is 3.31. The van der Waals surface area contributed by atoms with Crippen LogP contribution in [0.4, 0.5) is 11.4 Å². The van der Waals surface area contributed by atoms with Gasteiger partial charge in [-0.15, -0.1) is 0 Å². The molecule has 0 radical (unpaired) electrons. The van der Waals surface area contributed by atoms with Crippen LogP contribution in [0.1, 0.15) is 16.7 Å². The number of hydrogen-bond donors (Lipinski definition) is 2. The Morgan fingerprint density at radius 1 is 1.10 bits per heavy atom. The molecule has 0 aromatic heterocycles. The zero-order chi connectivity index (χ0) is 15.8. The molecule has 0 atom stereocenters. The van der Waals surface area contributed by atoms with Crippen molar-refractivity contribution in [2.75, 3.05) is 10.5 Å². The van der Waals surface area contributed by atoms with Crippen molar-refractivity contribution in [2.45, 2.75) is 25.7 Å². The van der Waals surface area contributed by atoms with Gasteiger partial charge in [-0.3, -0.25) is 4.72 Å². The number of nitrogen functional groups attached to an aromatic ring is 1. The highest BCUT2D eigenvalue weighted by Crippen LogP contribution is 2.28. The van der Waals surface area contributed by atoms with Gasteiger partial charge in [0, 0.05) is 10.7 Å². The van der Waals surface area contributed by atoms with E-state index < -0.39 is 10.0 Å². The molecule has 0 unspecified atom stereocenters. The largest absolute Gasteiger partial charge is 0.398 e. The standard InChI is InChI=1S/C15H17ClN2O2S/c1-9-4-5-15(10(2)6-9)18-21(19,20)12-7-13(16)11(3)14(17)8-12/h4-8,18H,17H2,1-3H3. The minimum absolute atomic E-state index is 0.0515. The minimum atomic E-state index is -3.72. The molecular weight excluding hydrogens is 308 g/mol. The molecule has 2 aromatic rings. The van der Waals surface area contributed by atoms with E-state index in [9.17, 15) is 8.42 Å². The van der Waals surface area contributed by atoms with Gasteiger partial charge in [-0.25, -0.2) is 8.42 Å². The van der Waals surface area contributed by atoms with E-state index >= 15 is 0 Å². The lowest BCUT2D eigenvalue weighted by Crippen LogP contribution is -2.14. The fourth-order valence-corrected chi connectivity index (χ4v) is 3.44. The van der Waals surface area contributed by atoms with Crippen LogP contribution >= 0.6 is 11.6 Å². The van der Waals surface area contributed by atoms with E-state index in [1.165, 1.54) is 12.1 Å². The van der Waals surface area contributed by atoms with Crippen LogP contribution in [0.5, 0.6) is 0 Å². The molecule has 0 amide bonds. The van der Waals surface area contributed by atoms with E-state index in [1.807, 2.05) is 26.0 Å². The molecule has 0 spiro atoms.